The molecule has 2 atom stereocenters. The van der Waals surface area contributed by atoms with Crippen LogP contribution in [0.4, 0.5) is 4.79 Å². The Kier molecular flexibility index (Phi) is 8.78. The first-order valence-corrected chi connectivity index (χ1v) is 11.4. The second-order valence-electron chi connectivity index (χ2n) is 8.02. The van der Waals surface area contributed by atoms with E-state index in [1.165, 1.54) is 12.8 Å². The van der Waals surface area contributed by atoms with Gasteiger partial charge in [-0.1, -0.05) is 29.8 Å². The number of carbonyl (C=O) groups excluding carboxylic acids is 2. The molecule has 0 spiro atoms. The van der Waals surface area contributed by atoms with E-state index in [1.807, 2.05) is 24.3 Å². The molecule has 8 heteroatoms. The van der Waals surface area contributed by atoms with Crippen LogP contribution in [0.3, 0.4) is 0 Å². The lowest BCUT2D eigenvalue weighted by atomic mass is 10.0. The van der Waals surface area contributed by atoms with Gasteiger partial charge in [0.1, 0.15) is 0 Å². The monoisotopic (exact) mass is 436 g/mol. The molecule has 2 saturated heterocycles. The highest BCUT2D eigenvalue weighted by atomic mass is 35.5. The Bertz CT molecular complexity index is 711. The molecular formula is C22H33ClN4O3. The van der Waals surface area contributed by atoms with Gasteiger partial charge in [0, 0.05) is 24.2 Å². The third-order valence-electron chi connectivity index (χ3n) is 5.81. The predicted molar refractivity (Wildman–Crippen MR) is 118 cm³/mol. The van der Waals surface area contributed by atoms with E-state index in [0.29, 0.717) is 26.2 Å². The average molecular weight is 437 g/mol. The molecule has 166 valence electrons. The van der Waals surface area contributed by atoms with E-state index in [0.717, 1.165) is 43.1 Å². The fourth-order valence-corrected chi connectivity index (χ4v) is 4.62. The number of halogens is 1. The van der Waals surface area contributed by atoms with Crippen LogP contribution in [0.25, 0.3) is 0 Å². The fourth-order valence-electron chi connectivity index (χ4n) is 4.36. The molecule has 0 radical (unpaired) electrons. The maximum absolute atomic E-state index is 12.7. The highest BCUT2D eigenvalue weighted by Gasteiger charge is 2.27. The first-order valence-electron chi connectivity index (χ1n) is 11.0. The number of alkyl carbamates (subject to hydrolysis) is 1. The van der Waals surface area contributed by atoms with Gasteiger partial charge in [-0.15, -0.1) is 0 Å². The van der Waals surface area contributed by atoms with Crippen molar-refractivity contribution in [2.45, 2.75) is 44.7 Å². The molecule has 2 fully saturated rings. The van der Waals surface area contributed by atoms with Crippen LogP contribution in [-0.2, 0) is 9.53 Å². The molecule has 3 rings (SSSR count). The van der Waals surface area contributed by atoms with Crippen LogP contribution in [0.5, 0.6) is 0 Å². The normalized spacial score (nSPS) is 21.2. The van der Waals surface area contributed by atoms with E-state index in [-0.39, 0.29) is 24.1 Å². The molecule has 2 aliphatic heterocycles. The highest BCUT2D eigenvalue weighted by molar-refractivity contribution is 6.31. The molecule has 2 aliphatic rings. The molecule has 0 bridgehead atoms. The zero-order valence-corrected chi connectivity index (χ0v) is 18.5. The molecule has 2 heterocycles. The van der Waals surface area contributed by atoms with E-state index < -0.39 is 0 Å². The predicted octanol–water partition coefficient (Wildman–Crippen LogP) is 2.80. The smallest absolute Gasteiger partial charge is 0.407 e. The van der Waals surface area contributed by atoms with Gasteiger partial charge < -0.3 is 15.4 Å². The summed E-state index contributed by atoms with van der Waals surface area (Å²) in [6, 6.07) is 8.00. The van der Waals surface area contributed by atoms with Crippen LogP contribution in [0.1, 0.15) is 44.2 Å². The number of rotatable bonds is 8. The van der Waals surface area contributed by atoms with Gasteiger partial charge in [-0.2, -0.15) is 0 Å². The van der Waals surface area contributed by atoms with Gasteiger partial charge in [-0.05, 0) is 63.9 Å². The molecular weight excluding hydrogens is 404 g/mol. The van der Waals surface area contributed by atoms with Gasteiger partial charge in [0.2, 0.25) is 5.91 Å². The summed E-state index contributed by atoms with van der Waals surface area (Å²) in [7, 11) is 0. The van der Waals surface area contributed by atoms with Crippen molar-refractivity contribution in [1.82, 2.24) is 20.4 Å². The van der Waals surface area contributed by atoms with Crippen LogP contribution >= 0.6 is 11.6 Å². The van der Waals surface area contributed by atoms with E-state index >= 15 is 0 Å². The van der Waals surface area contributed by atoms with Gasteiger partial charge in [-0.3, -0.25) is 14.6 Å². The lowest BCUT2D eigenvalue weighted by Gasteiger charge is -2.33. The Labute approximate surface area is 184 Å². The number of nitrogens with zero attached hydrogens (tertiary/aromatic N) is 2. The molecule has 7 nitrogen and oxygen atoms in total. The number of amides is 2. The first kappa shape index (κ1) is 22.8. The Morgan fingerprint density at radius 1 is 1.20 bits per heavy atom. The molecule has 0 aliphatic carbocycles. The van der Waals surface area contributed by atoms with Crippen molar-refractivity contribution in [3.05, 3.63) is 34.9 Å². The summed E-state index contributed by atoms with van der Waals surface area (Å²) in [6.45, 7) is 6.58. The summed E-state index contributed by atoms with van der Waals surface area (Å²) in [6.07, 6.45) is 3.82. The quantitative estimate of drug-likeness (QED) is 0.655. The molecule has 30 heavy (non-hydrogen) atoms. The van der Waals surface area contributed by atoms with Gasteiger partial charge in [0.05, 0.1) is 19.2 Å². The van der Waals surface area contributed by atoms with Crippen molar-refractivity contribution < 1.29 is 14.3 Å². The number of ether oxygens (including phenoxy) is 1. The first-order chi connectivity index (χ1) is 14.6. The maximum Gasteiger partial charge on any atom is 0.407 e. The number of benzene rings is 1. The number of likely N-dealkylation sites (tertiary alicyclic amines) is 2. The number of hydrogen-bond donors (Lipinski definition) is 2. The SMILES string of the molecule is CCOC(=O)NC1CCCN(CC(=O)NCC(c2ccccc2Cl)N2CCCC2)C1. The van der Waals surface area contributed by atoms with Gasteiger partial charge in [-0.25, -0.2) is 4.79 Å². The Morgan fingerprint density at radius 3 is 2.70 bits per heavy atom. The fraction of sp³-hybridized carbons (Fsp3) is 0.636. The summed E-state index contributed by atoms with van der Waals surface area (Å²) in [4.78, 5) is 28.8. The number of carbonyl (C=O) groups is 2. The minimum atomic E-state index is -0.387. The second-order valence-corrected chi connectivity index (χ2v) is 8.43. The van der Waals surface area contributed by atoms with Crippen LogP contribution in [-0.4, -0.2) is 73.7 Å². The van der Waals surface area contributed by atoms with Crippen molar-refractivity contribution in [2.75, 3.05) is 45.9 Å². The molecule has 1 aromatic carbocycles. The van der Waals surface area contributed by atoms with Crippen molar-refractivity contribution in [3.63, 3.8) is 0 Å². The number of piperidine rings is 1. The second kappa shape index (κ2) is 11.5. The largest absolute Gasteiger partial charge is 0.450 e. The zero-order chi connectivity index (χ0) is 21.3. The van der Waals surface area contributed by atoms with Gasteiger partial charge >= 0.3 is 6.09 Å². The summed E-state index contributed by atoms with van der Waals surface area (Å²) in [5.74, 6) is 0.00281. The van der Waals surface area contributed by atoms with Crippen LogP contribution in [0.2, 0.25) is 5.02 Å². The van der Waals surface area contributed by atoms with Crippen LogP contribution in [0.15, 0.2) is 24.3 Å². The Morgan fingerprint density at radius 2 is 1.97 bits per heavy atom. The summed E-state index contributed by atoms with van der Waals surface area (Å²) >= 11 is 6.46. The molecule has 0 saturated carbocycles. The maximum atomic E-state index is 12.7. The van der Waals surface area contributed by atoms with Crippen LogP contribution < -0.4 is 10.6 Å². The van der Waals surface area contributed by atoms with Crippen molar-refractivity contribution >= 4 is 23.6 Å². The minimum absolute atomic E-state index is 0.00281. The standard InChI is InChI=1S/C22H33ClN4O3/c1-2-30-22(29)25-17-8-7-11-26(15-17)16-21(28)24-14-20(27-12-5-6-13-27)18-9-3-4-10-19(18)23/h3-4,9-10,17,20H,2,5-8,11-16H2,1H3,(H,24,28)(H,25,29). The number of hydrogen-bond acceptors (Lipinski definition) is 5. The lowest BCUT2D eigenvalue weighted by Crippen LogP contribution is -2.50. The topological polar surface area (TPSA) is 73.9 Å². The van der Waals surface area contributed by atoms with Gasteiger partial charge in [0.25, 0.3) is 0 Å². The van der Waals surface area contributed by atoms with Gasteiger partial charge in [0.15, 0.2) is 0 Å². The minimum Gasteiger partial charge on any atom is -0.450 e. The molecule has 2 N–H and O–H groups in total. The number of nitrogens with one attached hydrogen (secondary N) is 2. The molecule has 1 aromatic rings. The van der Waals surface area contributed by atoms with E-state index in [2.05, 4.69) is 20.4 Å². The average Bonchev–Trinajstić information content (AvgIpc) is 3.24. The van der Waals surface area contributed by atoms with E-state index in [4.69, 9.17) is 16.3 Å². The Balaban J connectivity index is 1.51. The van der Waals surface area contributed by atoms with E-state index in [1.54, 1.807) is 6.92 Å². The Hall–Kier alpha value is -1.83. The lowest BCUT2D eigenvalue weighted by molar-refractivity contribution is -0.122. The van der Waals surface area contributed by atoms with E-state index in [9.17, 15) is 9.59 Å². The summed E-state index contributed by atoms with van der Waals surface area (Å²) in [5, 5.41) is 6.74. The third-order valence-corrected chi connectivity index (χ3v) is 6.15. The van der Waals surface area contributed by atoms with Crippen molar-refractivity contribution in [1.29, 1.82) is 0 Å². The highest BCUT2D eigenvalue weighted by Crippen LogP contribution is 2.29. The molecule has 2 amide bonds. The molecule has 0 aromatic heterocycles. The zero-order valence-electron chi connectivity index (χ0n) is 17.7. The molecule has 2 unspecified atom stereocenters. The summed E-state index contributed by atoms with van der Waals surface area (Å²) < 4.78 is 4.96. The van der Waals surface area contributed by atoms with Crippen molar-refractivity contribution in [3.8, 4) is 0 Å². The van der Waals surface area contributed by atoms with Crippen LogP contribution in [0, 0.1) is 0 Å². The van der Waals surface area contributed by atoms with Crippen molar-refractivity contribution in [2.24, 2.45) is 0 Å². The summed E-state index contributed by atoms with van der Waals surface area (Å²) in [5.41, 5.74) is 1.07. The third kappa shape index (κ3) is 6.59.